The Hall–Kier alpha value is -1.75. The summed E-state index contributed by atoms with van der Waals surface area (Å²) >= 11 is 0. The molecule has 2 rings (SSSR count). The molecule has 0 saturated carbocycles. The molecule has 1 aliphatic heterocycles. The molecule has 0 radical (unpaired) electrons. The summed E-state index contributed by atoms with van der Waals surface area (Å²) in [6.45, 7) is 4.81. The van der Waals surface area contributed by atoms with Crippen LogP contribution >= 0.6 is 0 Å². The second-order valence-electron chi connectivity index (χ2n) is 4.42. The smallest absolute Gasteiger partial charge is 0.246 e. The van der Waals surface area contributed by atoms with E-state index in [1.165, 1.54) is 4.90 Å². The molecule has 1 aliphatic rings. The number of hydrogen-bond acceptors (Lipinski definition) is 4. The number of hydrogen-bond donors (Lipinski definition) is 1. The highest BCUT2D eigenvalue weighted by molar-refractivity contribution is 6.05. The molecule has 1 unspecified atom stereocenters. The van der Waals surface area contributed by atoms with E-state index < -0.39 is 0 Å². The van der Waals surface area contributed by atoms with Crippen molar-refractivity contribution in [3.63, 3.8) is 0 Å². The summed E-state index contributed by atoms with van der Waals surface area (Å²) in [6, 6.07) is 1.53. The number of carbonyl (C=O) groups is 2. The molecule has 1 aromatic heterocycles. The van der Waals surface area contributed by atoms with Crippen LogP contribution in [0.2, 0.25) is 0 Å². The van der Waals surface area contributed by atoms with Crippen LogP contribution in [0, 0.1) is 6.92 Å². The van der Waals surface area contributed by atoms with Crippen LogP contribution in [0.25, 0.3) is 0 Å². The van der Waals surface area contributed by atoms with E-state index in [-0.39, 0.29) is 24.3 Å². The molecule has 5 nitrogen and oxygen atoms in total. The fourth-order valence-electron chi connectivity index (χ4n) is 2.11. The number of nitrogens with zero attached hydrogens (tertiary/aromatic N) is 2. The van der Waals surface area contributed by atoms with Gasteiger partial charge in [-0.2, -0.15) is 0 Å². The predicted molar refractivity (Wildman–Crippen MR) is 66.6 cm³/mol. The average Bonchev–Trinajstić information content (AvgIpc) is 2.63. The van der Waals surface area contributed by atoms with Crippen molar-refractivity contribution in [2.75, 3.05) is 6.54 Å². The zero-order chi connectivity index (χ0) is 13.1. The lowest BCUT2D eigenvalue weighted by Gasteiger charge is -2.13. The van der Waals surface area contributed by atoms with Crippen LogP contribution in [0.4, 0.5) is 0 Å². The Bertz CT molecular complexity index is 473. The molecular formula is C13H17N3O2. The molecule has 5 heteroatoms. The van der Waals surface area contributed by atoms with Crippen molar-refractivity contribution in [2.45, 2.75) is 32.9 Å². The maximum atomic E-state index is 11.9. The summed E-state index contributed by atoms with van der Waals surface area (Å²) < 4.78 is 0. The normalized spacial score (nSPS) is 19.7. The van der Waals surface area contributed by atoms with Crippen molar-refractivity contribution in [1.82, 2.24) is 15.2 Å². The fourth-order valence-corrected chi connectivity index (χ4v) is 2.11. The van der Waals surface area contributed by atoms with Gasteiger partial charge in [-0.3, -0.25) is 19.5 Å². The van der Waals surface area contributed by atoms with Crippen LogP contribution in [-0.4, -0.2) is 34.3 Å². The van der Waals surface area contributed by atoms with Crippen molar-refractivity contribution in [2.24, 2.45) is 0 Å². The van der Waals surface area contributed by atoms with Crippen molar-refractivity contribution in [3.8, 4) is 0 Å². The number of imide groups is 1. The first-order chi connectivity index (χ1) is 8.63. The van der Waals surface area contributed by atoms with Crippen molar-refractivity contribution in [3.05, 3.63) is 29.6 Å². The molecule has 1 atom stereocenters. The van der Waals surface area contributed by atoms with Crippen LogP contribution in [0.3, 0.4) is 0 Å². The molecule has 2 heterocycles. The number of likely N-dealkylation sites (N-methyl/N-ethyl adjacent to an activating group) is 1. The quantitative estimate of drug-likeness (QED) is 0.793. The third kappa shape index (κ3) is 2.41. The molecule has 0 spiro atoms. The van der Waals surface area contributed by atoms with Crippen molar-refractivity contribution < 1.29 is 9.59 Å². The van der Waals surface area contributed by atoms with Crippen LogP contribution in [0.15, 0.2) is 18.5 Å². The monoisotopic (exact) mass is 247 g/mol. The number of amides is 2. The van der Waals surface area contributed by atoms with Gasteiger partial charge in [0.1, 0.15) is 0 Å². The number of pyridine rings is 1. The molecule has 1 N–H and O–H groups in total. The van der Waals surface area contributed by atoms with E-state index in [2.05, 4.69) is 10.3 Å². The standard InChI is InChI=1S/C13H17N3O2/c1-3-16-12(17)6-11(13(16)18)15-8-10-4-5-14-7-9(10)2/h4-5,7,11,15H,3,6,8H2,1-2H3. The van der Waals surface area contributed by atoms with Gasteiger partial charge in [0.2, 0.25) is 11.8 Å². The van der Waals surface area contributed by atoms with Crippen LogP contribution in [-0.2, 0) is 16.1 Å². The lowest BCUT2D eigenvalue weighted by Crippen LogP contribution is -2.38. The average molecular weight is 247 g/mol. The Morgan fingerprint density at radius 3 is 2.89 bits per heavy atom. The molecule has 2 amide bonds. The van der Waals surface area contributed by atoms with Crippen LogP contribution < -0.4 is 5.32 Å². The van der Waals surface area contributed by atoms with Gasteiger partial charge in [-0.1, -0.05) is 0 Å². The van der Waals surface area contributed by atoms with Crippen molar-refractivity contribution >= 4 is 11.8 Å². The SMILES string of the molecule is CCN1C(=O)CC(NCc2ccncc2C)C1=O. The van der Waals surface area contributed by atoms with E-state index in [1.807, 2.05) is 19.9 Å². The lowest BCUT2D eigenvalue weighted by molar-refractivity contribution is -0.138. The summed E-state index contributed by atoms with van der Waals surface area (Å²) in [6.07, 6.45) is 3.78. The highest BCUT2D eigenvalue weighted by atomic mass is 16.2. The molecule has 0 aliphatic carbocycles. The minimum atomic E-state index is -0.384. The van der Waals surface area contributed by atoms with Gasteiger partial charge in [0.25, 0.3) is 0 Å². The number of nitrogens with one attached hydrogen (secondary N) is 1. The summed E-state index contributed by atoms with van der Waals surface area (Å²) in [5.74, 6) is -0.208. The lowest BCUT2D eigenvalue weighted by atomic mass is 10.1. The minimum Gasteiger partial charge on any atom is -0.301 e. The van der Waals surface area contributed by atoms with E-state index in [1.54, 1.807) is 12.4 Å². The maximum absolute atomic E-state index is 11.9. The Morgan fingerprint density at radius 1 is 1.50 bits per heavy atom. The molecular weight excluding hydrogens is 230 g/mol. The van der Waals surface area contributed by atoms with Gasteiger partial charge in [0.05, 0.1) is 12.5 Å². The number of aryl methyl sites for hydroxylation is 1. The number of aromatic nitrogens is 1. The molecule has 0 aromatic carbocycles. The number of likely N-dealkylation sites (tertiary alicyclic amines) is 1. The maximum Gasteiger partial charge on any atom is 0.246 e. The Labute approximate surface area is 106 Å². The highest BCUT2D eigenvalue weighted by Crippen LogP contribution is 2.13. The van der Waals surface area contributed by atoms with Crippen molar-refractivity contribution in [1.29, 1.82) is 0 Å². The van der Waals surface area contributed by atoms with E-state index in [9.17, 15) is 9.59 Å². The molecule has 96 valence electrons. The van der Waals surface area contributed by atoms with Gasteiger partial charge in [0, 0.05) is 25.5 Å². The van der Waals surface area contributed by atoms with E-state index in [0.29, 0.717) is 13.1 Å². The molecule has 1 fully saturated rings. The van der Waals surface area contributed by atoms with Gasteiger partial charge in [-0.15, -0.1) is 0 Å². The highest BCUT2D eigenvalue weighted by Gasteiger charge is 2.36. The Kier molecular flexibility index (Phi) is 3.72. The van der Waals surface area contributed by atoms with Gasteiger partial charge in [0.15, 0.2) is 0 Å². The molecule has 0 bridgehead atoms. The number of rotatable bonds is 4. The summed E-state index contributed by atoms with van der Waals surface area (Å²) in [5.41, 5.74) is 2.18. The predicted octanol–water partition coefficient (Wildman–Crippen LogP) is 0.627. The Morgan fingerprint density at radius 2 is 2.28 bits per heavy atom. The first-order valence-corrected chi connectivity index (χ1v) is 6.10. The molecule has 1 aromatic rings. The van der Waals surface area contributed by atoms with Gasteiger partial charge >= 0.3 is 0 Å². The van der Waals surface area contributed by atoms with Gasteiger partial charge < -0.3 is 5.32 Å². The molecule has 18 heavy (non-hydrogen) atoms. The second kappa shape index (κ2) is 5.27. The summed E-state index contributed by atoms with van der Waals surface area (Å²) in [7, 11) is 0. The summed E-state index contributed by atoms with van der Waals surface area (Å²) in [4.78, 5) is 28.8. The first-order valence-electron chi connectivity index (χ1n) is 6.10. The Balaban J connectivity index is 1.98. The zero-order valence-corrected chi connectivity index (χ0v) is 10.6. The second-order valence-corrected chi connectivity index (χ2v) is 4.42. The van der Waals surface area contributed by atoms with Crippen LogP contribution in [0.5, 0.6) is 0 Å². The summed E-state index contributed by atoms with van der Waals surface area (Å²) in [5, 5.41) is 3.14. The van der Waals surface area contributed by atoms with Gasteiger partial charge in [-0.25, -0.2) is 0 Å². The zero-order valence-electron chi connectivity index (χ0n) is 10.6. The van der Waals surface area contributed by atoms with E-state index in [0.717, 1.165) is 11.1 Å². The third-order valence-electron chi connectivity index (χ3n) is 3.24. The van der Waals surface area contributed by atoms with Gasteiger partial charge in [-0.05, 0) is 31.0 Å². The number of carbonyl (C=O) groups excluding carboxylic acids is 2. The third-order valence-corrected chi connectivity index (χ3v) is 3.24. The largest absolute Gasteiger partial charge is 0.301 e. The minimum absolute atomic E-state index is 0.0912. The topological polar surface area (TPSA) is 62.3 Å². The molecule has 1 saturated heterocycles. The first kappa shape index (κ1) is 12.7. The van der Waals surface area contributed by atoms with Crippen LogP contribution in [0.1, 0.15) is 24.5 Å². The van der Waals surface area contributed by atoms with E-state index >= 15 is 0 Å². The fraction of sp³-hybridized carbons (Fsp3) is 0.462. The van der Waals surface area contributed by atoms with E-state index in [4.69, 9.17) is 0 Å².